The summed E-state index contributed by atoms with van der Waals surface area (Å²) in [6.07, 6.45) is 0.457. The summed E-state index contributed by atoms with van der Waals surface area (Å²) < 4.78 is 4.72. The van der Waals surface area contributed by atoms with Gasteiger partial charge < -0.3 is 15.2 Å². The number of benzene rings is 1. The van der Waals surface area contributed by atoms with Gasteiger partial charge in [0.1, 0.15) is 0 Å². The maximum absolute atomic E-state index is 12.2. The van der Waals surface area contributed by atoms with E-state index in [1.54, 1.807) is 24.3 Å². The molecule has 0 bridgehead atoms. The van der Waals surface area contributed by atoms with Gasteiger partial charge in [0, 0.05) is 10.7 Å². The molecule has 0 aliphatic carbocycles. The smallest absolute Gasteiger partial charge is 0.336 e. The van der Waals surface area contributed by atoms with Crippen LogP contribution in [0.25, 0.3) is 0 Å². The summed E-state index contributed by atoms with van der Waals surface area (Å²) in [5.74, 6) is -3.02. The molecule has 0 saturated carbocycles. The number of aldehydes is 1. The lowest BCUT2D eigenvalue weighted by atomic mass is 9.80. The Labute approximate surface area is 137 Å². The van der Waals surface area contributed by atoms with E-state index in [1.165, 1.54) is 6.92 Å². The number of rotatable bonds is 4. The Hall–Kier alpha value is -2.60. The third kappa shape index (κ3) is 2.98. The van der Waals surface area contributed by atoms with Crippen molar-refractivity contribution in [2.45, 2.75) is 12.8 Å². The van der Waals surface area contributed by atoms with Crippen LogP contribution in [0.5, 0.6) is 0 Å². The number of nitrogens with one attached hydrogen (secondary N) is 1. The van der Waals surface area contributed by atoms with E-state index in [0.717, 1.165) is 7.11 Å². The Morgan fingerprint density at radius 2 is 1.96 bits per heavy atom. The van der Waals surface area contributed by atoms with Crippen LogP contribution in [0.3, 0.4) is 0 Å². The molecule has 0 radical (unpaired) electrons. The normalized spacial score (nSPS) is 17.6. The quantitative estimate of drug-likeness (QED) is 0.646. The minimum Gasteiger partial charge on any atom is -0.478 e. The second-order valence-electron chi connectivity index (χ2n) is 4.86. The Bertz CT molecular complexity index is 751. The molecule has 1 aromatic carbocycles. The van der Waals surface area contributed by atoms with Gasteiger partial charge in [-0.1, -0.05) is 29.8 Å². The largest absolute Gasteiger partial charge is 0.478 e. The molecule has 6 nitrogen and oxygen atoms in total. The molecule has 2 N–H and O–H groups in total. The van der Waals surface area contributed by atoms with E-state index in [2.05, 4.69) is 5.32 Å². The summed E-state index contributed by atoms with van der Waals surface area (Å²) in [7, 11) is 1.16. The number of esters is 1. The average Bonchev–Trinajstić information content (AvgIpc) is 2.53. The fourth-order valence-corrected chi connectivity index (χ4v) is 2.83. The van der Waals surface area contributed by atoms with Crippen molar-refractivity contribution >= 4 is 29.8 Å². The number of carbonyl (C=O) groups is 3. The number of hydrogen-bond acceptors (Lipinski definition) is 5. The highest BCUT2D eigenvalue weighted by Gasteiger charge is 2.38. The van der Waals surface area contributed by atoms with Crippen molar-refractivity contribution < 1.29 is 24.2 Å². The molecule has 0 aromatic heterocycles. The Kier molecular flexibility index (Phi) is 4.86. The van der Waals surface area contributed by atoms with Gasteiger partial charge >= 0.3 is 11.9 Å². The van der Waals surface area contributed by atoms with Crippen molar-refractivity contribution in [1.82, 2.24) is 5.32 Å². The molecule has 7 heteroatoms. The minimum absolute atomic E-state index is 0.0377. The summed E-state index contributed by atoms with van der Waals surface area (Å²) >= 11 is 6.18. The standard InChI is InChI=1S/C16H14ClNO5/c1-8-12(15(20)21)13(9-5-3-4-6-10(9)17)14(16(22)23-2)11(7-19)18-8/h3-7,13,18H,1-2H3,(H,20,21). The first-order chi connectivity index (χ1) is 10.9. The van der Waals surface area contributed by atoms with Crippen LogP contribution in [0.1, 0.15) is 18.4 Å². The van der Waals surface area contributed by atoms with E-state index in [9.17, 15) is 19.5 Å². The van der Waals surface area contributed by atoms with Crippen LogP contribution in [0.15, 0.2) is 46.8 Å². The van der Waals surface area contributed by atoms with E-state index < -0.39 is 17.9 Å². The first-order valence-corrected chi connectivity index (χ1v) is 7.03. The van der Waals surface area contributed by atoms with Gasteiger partial charge in [0.25, 0.3) is 0 Å². The fourth-order valence-electron chi connectivity index (χ4n) is 2.59. The molecular weight excluding hydrogens is 322 g/mol. The summed E-state index contributed by atoms with van der Waals surface area (Å²) in [5, 5.41) is 12.5. The van der Waals surface area contributed by atoms with Crippen LogP contribution in [0, 0.1) is 0 Å². The second-order valence-corrected chi connectivity index (χ2v) is 5.27. The molecule has 1 atom stereocenters. The average molecular weight is 336 g/mol. The molecule has 1 heterocycles. The van der Waals surface area contributed by atoms with Gasteiger partial charge in [-0.25, -0.2) is 9.59 Å². The molecule has 120 valence electrons. The Morgan fingerprint density at radius 3 is 2.48 bits per heavy atom. The molecule has 0 amide bonds. The number of dihydropyridines is 1. The Morgan fingerprint density at radius 1 is 1.30 bits per heavy atom. The van der Waals surface area contributed by atoms with Crippen LogP contribution in [0.2, 0.25) is 5.02 Å². The predicted octanol–water partition coefficient (Wildman–Crippen LogP) is 2.01. The number of allylic oxidation sites excluding steroid dienone is 2. The number of ether oxygens (including phenoxy) is 1. The fraction of sp³-hybridized carbons (Fsp3) is 0.188. The topological polar surface area (TPSA) is 92.7 Å². The van der Waals surface area contributed by atoms with Crippen molar-refractivity contribution in [3.05, 3.63) is 57.4 Å². The lowest BCUT2D eigenvalue weighted by Gasteiger charge is -2.29. The molecule has 1 unspecified atom stereocenters. The van der Waals surface area contributed by atoms with Gasteiger partial charge in [0.2, 0.25) is 0 Å². The molecule has 1 aromatic rings. The zero-order chi connectivity index (χ0) is 17.1. The summed E-state index contributed by atoms with van der Waals surface area (Å²) in [4.78, 5) is 35.2. The summed E-state index contributed by atoms with van der Waals surface area (Å²) in [5.41, 5.74) is 0.483. The van der Waals surface area contributed by atoms with Gasteiger partial charge in [0.15, 0.2) is 6.29 Å². The molecule has 1 aliphatic heterocycles. The molecule has 2 rings (SSSR count). The maximum Gasteiger partial charge on any atom is 0.336 e. The first kappa shape index (κ1) is 16.8. The highest BCUT2D eigenvalue weighted by atomic mass is 35.5. The van der Waals surface area contributed by atoms with Gasteiger partial charge in [-0.2, -0.15) is 0 Å². The van der Waals surface area contributed by atoms with Gasteiger partial charge in [-0.05, 0) is 18.6 Å². The number of carbonyl (C=O) groups excluding carboxylic acids is 2. The number of carboxylic acids is 1. The van der Waals surface area contributed by atoms with Crippen LogP contribution in [0.4, 0.5) is 0 Å². The Balaban J connectivity index is 2.79. The highest BCUT2D eigenvalue weighted by Crippen LogP contribution is 2.40. The summed E-state index contributed by atoms with van der Waals surface area (Å²) in [6.45, 7) is 1.52. The SMILES string of the molecule is COC(=O)C1=C(C=O)NC(C)=C(C(=O)O)C1c1ccccc1Cl. The van der Waals surface area contributed by atoms with Crippen molar-refractivity contribution in [2.75, 3.05) is 7.11 Å². The van der Waals surface area contributed by atoms with E-state index in [4.69, 9.17) is 16.3 Å². The van der Waals surface area contributed by atoms with Crippen LogP contribution >= 0.6 is 11.6 Å². The number of methoxy groups -OCH3 is 1. The second kappa shape index (κ2) is 6.66. The van der Waals surface area contributed by atoms with Crippen LogP contribution in [-0.4, -0.2) is 30.4 Å². The van der Waals surface area contributed by atoms with E-state index in [1.807, 2.05) is 0 Å². The van der Waals surface area contributed by atoms with E-state index in [-0.39, 0.29) is 27.6 Å². The van der Waals surface area contributed by atoms with E-state index in [0.29, 0.717) is 11.8 Å². The molecule has 0 saturated heterocycles. The van der Waals surface area contributed by atoms with Gasteiger partial charge in [-0.15, -0.1) is 0 Å². The van der Waals surface area contributed by atoms with Crippen LogP contribution < -0.4 is 5.32 Å². The number of hydrogen-bond donors (Lipinski definition) is 2. The van der Waals surface area contributed by atoms with Crippen molar-refractivity contribution in [3.8, 4) is 0 Å². The lowest BCUT2D eigenvalue weighted by Crippen LogP contribution is -2.33. The summed E-state index contributed by atoms with van der Waals surface area (Å²) in [6, 6.07) is 6.56. The van der Waals surface area contributed by atoms with Gasteiger partial charge in [-0.3, -0.25) is 4.79 Å². The number of halogens is 1. The minimum atomic E-state index is -1.22. The molecular formula is C16H14ClNO5. The molecule has 0 spiro atoms. The third-order valence-electron chi connectivity index (χ3n) is 3.56. The van der Waals surface area contributed by atoms with Crippen molar-refractivity contribution in [2.24, 2.45) is 0 Å². The van der Waals surface area contributed by atoms with Gasteiger partial charge in [0.05, 0.1) is 29.9 Å². The monoisotopic (exact) mass is 335 g/mol. The number of aliphatic carboxylic acids is 1. The molecule has 0 fully saturated rings. The lowest BCUT2D eigenvalue weighted by molar-refractivity contribution is -0.136. The van der Waals surface area contributed by atoms with E-state index >= 15 is 0 Å². The highest BCUT2D eigenvalue weighted by molar-refractivity contribution is 6.31. The third-order valence-corrected chi connectivity index (χ3v) is 3.91. The van der Waals surface area contributed by atoms with Crippen molar-refractivity contribution in [1.29, 1.82) is 0 Å². The first-order valence-electron chi connectivity index (χ1n) is 6.65. The molecule has 1 aliphatic rings. The zero-order valence-electron chi connectivity index (χ0n) is 12.4. The van der Waals surface area contributed by atoms with Crippen molar-refractivity contribution in [3.63, 3.8) is 0 Å². The predicted molar refractivity (Wildman–Crippen MR) is 82.8 cm³/mol. The number of carboxylic acid groups (broad SMARTS) is 1. The maximum atomic E-state index is 12.2. The molecule has 23 heavy (non-hydrogen) atoms. The van der Waals surface area contributed by atoms with Crippen LogP contribution in [-0.2, 0) is 19.1 Å². The zero-order valence-corrected chi connectivity index (χ0v) is 13.2.